The molecule has 0 fully saturated rings. The number of benzene rings is 6. The highest BCUT2D eigenvalue weighted by atomic mass is 32.1. The van der Waals surface area contributed by atoms with Gasteiger partial charge in [-0.1, -0.05) is 115 Å². The Morgan fingerprint density at radius 2 is 0.864 bits per heavy atom. The van der Waals surface area contributed by atoms with E-state index in [9.17, 15) is 0 Å². The summed E-state index contributed by atoms with van der Waals surface area (Å²) in [5, 5.41) is 2.48. The smallest absolute Gasteiger partial charge is 0.124 e. The fraction of sp³-hybridized carbons (Fsp3) is 0. The first-order valence-corrected chi connectivity index (χ1v) is 15.6. The molecule has 44 heavy (non-hydrogen) atoms. The molecular formula is C41H28N2S. The number of aromatic nitrogens is 1. The fourth-order valence-corrected chi connectivity index (χ4v) is 7.14. The second kappa shape index (κ2) is 11.3. The van der Waals surface area contributed by atoms with Crippen molar-refractivity contribution >= 4 is 48.7 Å². The van der Waals surface area contributed by atoms with Crippen LogP contribution in [0.5, 0.6) is 0 Å². The first kappa shape index (κ1) is 26.1. The van der Waals surface area contributed by atoms with Gasteiger partial charge < -0.3 is 4.90 Å². The summed E-state index contributed by atoms with van der Waals surface area (Å²) in [6.45, 7) is 0. The number of nitrogens with zero attached hydrogens (tertiary/aromatic N) is 2. The van der Waals surface area contributed by atoms with Crippen molar-refractivity contribution in [3.05, 3.63) is 170 Å². The molecule has 0 unspecified atom stereocenters. The fourth-order valence-electron chi connectivity index (χ4n) is 5.96. The van der Waals surface area contributed by atoms with Gasteiger partial charge in [-0.25, -0.2) is 4.98 Å². The van der Waals surface area contributed by atoms with E-state index in [4.69, 9.17) is 0 Å². The second-order valence-corrected chi connectivity index (χ2v) is 11.8. The maximum Gasteiger partial charge on any atom is 0.124 e. The third-order valence-corrected chi connectivity index (χ3v) is 9.34. The van der Waals surface area contributed by atoms with Gasteiger partial charge in [0.1, 0.15) is 4.83 Å². The second-order valence-electron chi connectivity index (χ2n) is 10.8. The number of pyridine rings is 1. The van der Waals surface area contributed by atoms with E-state index in [0.29, 0.717) is 0 Å². The topological polar surface area (TPSA) is 16.1 Å². The highest BCUT2D eigenvalue weighted by molar-refractivity contribution is 7.26. The average Bonchev–Trinajstić information content (AvgIpc) is 3.49. The third kappa shape index (κ3) is 4.84. The Kier molecular flexibility index (Phi) is 6.71. The molecule has 8 rings (SSSR count). The van der Waals surface area contributed by atoms with Crippen molar-refractivity contribution in [2.45, 2.75) is 0 Å². The van der Waals surface area contributed by atoms with E-state index in [1.54, 1.807) is 11.3 Å². The summed E-state index contributed by atoms with van der Waals surface area (Å²) in [6.07, 6.45) is 1.87. The van der Waals surface area contributed by atoms with Gasteiger partial charge in [0.15, 0.2) is 0 Å². The lowest BCUT2D eigenvalue weighted by molar-refractivity contribution is 1.28. The first-order valence-electron chi connectivity index (χ1n) is 14.8. The molecule has 0 bridgehead atoms. The van der Waals surface area contributed by atoms with Crippen LogP contribution in [0.25, 0.3) is 53.7 Å². The molecule has 6 aromatic carbocycles. The van der Waals surface area contributed by atoms with Gasteiger partial charge in [-0.2, -0.15) is 0 Å². The molecule has 2 heterocycles. The standard InChI is InChI=1S/C41H28N2S/c1-3-9-29(10-4-1)31-16-22-34(23-17-31)43(35-24-18-32(19-25-35)30-11-5-2-6-12-30)36-26-20-33(21-27-36)37-13-7-14-38-39-15-8-28-42-41(39)44-40(37)38/h1-28H. The van der Waals surface area contributed by atoms with Crippen molar-refractivity contribution in [1.29, 1.82) is 0 Å². The monoisotopic (exact) mass is 580 g/mol. The lowest BCUT2D eigenvalue weighted by atomic mass is 10.0. The van der Waals surface area contributed by atoms with Gasteiger partial charge in [0.25, 0.3) is 0 Å². The van der Waals surface area contributed by atoms with Gasteiger partial charge in [0.2, 0.25) is 0 Å². The summed E-state index contributed by atoms with van der Waals surface area (Å²) in [7, 11) is 0. The minimum atomic E-state index is 1.08. The number of hydrogen-bond acceptors (Lipinski definition) is 3. The minimum Gasteiger partial charge on any atom is -0.311 e. The molecule has 2 aromatic heterocycles. The molecule has 0 saturated carbocycles. The average molecular weight is 581 g/mol. The van der Waals surface area contributed by atoms with E-state index in [-0.39, 0.29) is 0 Å². The summed E-state index contributed by atoms with van der Waals surface area (Å²) in [5.41, 5.74) is 10.6. The van der Waals surface area contributed by atoms with Crippen LogP contribution in [0.4, 0.5) is 17.1 Å². The van der Waals surface area contributed by atoms with E-state index in [1.165, 1.54) is 48.9 Å². The summed E-state index contributed by atoms with van der Waals surface area (Å²) >= 11 is 1.76. The van der Waals surface area contributed by atoms with Crippen LogP contribution in [0.2, 0.25) is 0 Å². The summed E-state index contributed by atoms with van der Waals surface area (Å²) in [5.74, 6) is 0. The van der Waals surface area contributed by atoms with Crippen LogP contribution in [0.1, 0.15) is 0 Å². The Morgan fingerprint density at radius 1 is 0.386 bits per heavy atom. The van der Waals surface area contributed by atoms with E-state index < -0.39 is 0 Å². The van der Waals surface area contributed by atoms with E-state index >= 15 is 0 Å². The zero-order valence-electron chi connectivity index (χ0n) is 24.0. The Labute approximate surface area is 261 Å². The molecule has 0 saturated heterocycles. The van der Waals surface area contributed by atoms with E-state index in [2.05, 4.69) is 168 Å². The predicted octanol–water partition coefficient (Wildman–Crippen LogP) is 11.9. The molecule has 2 nitrogen and oxygen atoms in total. The maximum absolute atomic E-state index is 4.62. The van der Waals surface area contributed by atoms with Crippen LogP contribution in [0.3, 0.4) is 0 Å². The Balaban J connectivity index is 1.19. The largest absolute Gasteiger partial charge is 0.311 e. The summed E-state index contributed by atoms with van der Waals surface area (Å²) < 4.78 is 1.28. The zero-order valence-corrected chi connectivity index (χ0v) is 24.8. The van der Waals surface area contributed by atoms with Gasteiger partial charge in [-0.3, -0.25) is 0 Å². The van der Waals surface area contributed by atoms with Crippen LogP contribution >= 0.6 is 11.3 Å². The molecule has 0 radical (unpaired) electrons. The highest BCUT2D eigenvalue weighted by Crippen LogP contribution is 2.41. The van der Waals surface area contributed by atoms with Crippen LogP contribution < -0.4 is 4.90 Å². The van der Waals surface area contributed by atoms with E-state index in [1.807, 2.05) is 12.3 Å². The number of anilines is 3. The minimum absolute atomic E-state index is 1.08. The van der Waals surface area contributed by atoms with Gasteiger partial charge in [0.05, 0.1) is 0 Å². The highest BCUT2D eigenvalue weighted by Gasteiger charge is 2.15. The molecule has 208 valence electrons. The number of rotatable bonds is 6. The molecule has 0 spiro atoms. The molecule has 0 N–H and O–H groups in total. The quantitative estimate of drug-likeness (QED) is 0.194. The van der Waals surface area contributed by atoms with Gasteiger partial charge >= 0.3 is 0 Å². The zero-order chi connectivity index (χ0) is 29.3. The van der Waals surface area contributed by atoms with Crippen LogP contribution in [-0.4, -0.2) is 4.98 Å². The van der Waals surface area contributed by atoms with E-state index in [0.717, 1.165) is 21.9 Å². The van der Waals surface area contributed by atoms with Crippen molar-refractivity contribution in [1.82, 2.24) is 4.98 Å². The van der Waals surface area contributed by atoms with Gasteiger partial charge in [0, 0.05) is 38.7 Å². The number of fused-ring (bicyclic) bond motifs is 3. The van der Waals surface area contributed by atoms with Crippen LogP contribution in [0.15, 0.2) is 170 Å². The molecule has 3 heteroatoms. The Bertz CT molecular complexity index is 2100. The summed E-state index contributed by atoms with van der Waals surface area (Å²) in [6, 6.07) is 58.5. The lowest BCUT2D eigenvalue weighted by Crippen LogP contribution is -2.09. The van der Waals surface area contributed by atoms with Crippen LogP contribution in [-0.2, 0) is 0 Å². The van der Waals surface area contributed by atoms with Crippen molar-refractivity contribution in [3.63, 3.8) is 0 Å². The molecule has 0 amide bonds. The van der Waals surface area contributed by atoms with Crippen molar-refractivity contribution in [2.75, 3.05) is 4.90 Å². The van der Waals surface area contributed by atoms with Crippen molar-refractivity contribution in [2.24, 2.45) is 0 Å². The van der Waals surface area contributed by atoms with Crippen LogP contribution in [0, 0.1) is 0 Å². The molecule has 0 aliphatic rings. The summed E-state index contributed by atoms with van der Waals surface area (Å²) in [4.78, 5) is 8.03. The molecular weight excluding hydrogens is 553 g/mol. The molecule has 0 aliphatic carbocycles. The van der Waals surface area contributed by atoms with Gasteiger partial charge in [-0.15, -0.1) is 11.3 Å². The third-order valence-electron chi connectivity index (χ3n) is 8.18. The SMILES string of the molecule is c1ccc(-c2ccc(N(c3ccc(-c4ccccc4)cc3)c3ccc(-c4cccc5c4sc4ncccc45)cc3)cc2)cc1. The van der Waals surface area contributed by atoms with Crippen molar-refractivity contribution in [3.8, 4) is 33.4 Å². The van der Waals surface area contributed by atoms with Crippen molar-refractivity contribution < 1.29 is 0 Å². The lowest BCUT2D eigenvalue weighted by Gasteiger charge is -2.26. The maximum atomic E-state index is 4.62. The Hall–Kier alpha value is -5.51. The number of thiophene rings is 1. The predicted molar refractivity (Wildman–Crippen MR) is 188 cm³/mol. The first-order chi connectivity index (χ1) is 21.8. The molecule has 0 aliphatic heterocycles. The molecule has 8 aromatic rings. The Morgan fingerprint density at radius 3 is 1.41 bits per heavy atom. The normalized spacial score (nSPS) is 11.2. The molecule has 0 atom stereocenters. The van der Waals surface area contributed by atoms with Gasteiger partial charge in [-0.05, 0) is 81.9 Å². The number of hydrogen-bond donors (Lipinski definition) is 0.